The van der Waals surface area contributed by atoms with Gasteiger partial charge in [0.2, 0.25) is 0 Å². The van der Waals surface area contributed by atoms with Crippen LogP contribution >= 0.6 is 0 Å². The van der Waals surface area contributed by atoms with Crippen molar-refractivity contribution in [3.05, 3.63) is 41.6 Å². The summed E-state index contributed by atoms with van der Waals surface area (Å²) in [7, 11) is 2.04. The zero-order valence-electron chi connectivity index (χ0n) is 11.7. The zero-order valence-corrected chi connectivity index (χ0v) is 11.7. The summed E-state index contributed by atoms with van der Waals surface area (Å²) in [4.78, 5) is 0. The molecule has 0 radical (unpaired) electrons. The van der Waals surface area contributed by atoms with Crippen LogP contribution in [-0.2, 0) is 7.05 Å². The van der Waals surface area contributed by atoms with Crippen LogP contribution in [0, 0.1) is 6.92 Å². The van der Waals surface area contributed by atoms with Crippen molar-refractivity contribution in [3.8, 4) is 11.3 Å². The van der Waals surface area contributed by atoms with Crippen molar-refractivity contribution < 1.29 is 0 Å². The second-order valence-electron chi connectivity index (χ2n) is 5.47. The highest BCUT2D eigenvalue weighted by atomic mass is 15.3. The Balaban J connectivity index is 1.90. The molecule has 3 nitrogen and oxygen atoms in total. The highest BCUT2D eigenvalue weighted by Crippen LogP contribution is 2.28. The highest BCUT2D eigenvalue weighted by Gasteiger charge is 2.19. The second kappa shape index (κ2) is 5.17. The predicted molar refractivity (Wildman–Crippen MR) is 78.2 cm³/mol. The molecule has 0 aliphatic carbocycles. The first-order chi connectivity index (χ1) is 9.24. The summed E-state index contributed by atoms with van der Waals surface area (Å²) in [6.07, 6.45) is 2.40. The molecule has 3 heteroatoms. The maximum Gasteiger partial charge on any atom is 0.0681 e. The van der Waals surface area contributed by atoms with Gasteiger partial charge in [0.15, 0.2) is 0 Å². The van der Waals surface area contributed by atoms with Crippen LogP contribution < -0.4 is 5.32 Å². The molecule has 0 spiro atoms. The SMILES string of the molecule is Cc1ccc(-c2cc(C3CCNCC3)nn2C)cc1. The van der Waals surface area contributed by atoms with Gasteiger partial charge < -0.3 is 5.32 Å². The lowest BCUT2D eigenvalue weighted by Gasteiger charge is -2.20. The van der Waals surface area contributed by atoms with Crippen LogP contribution in [-0.4, -0.2) is 22.9 Å². The number of aryl methyl sites for hydroxylation is 2. The summed E-state index contributed by atoms with van der Waals surface area (Å²) >= 11 is 0. The largest absolute Gasteiger partial charge is 0.317 e. The fraction of sp³-hybridized carbons (Fsp3) is 0.438. The average Bonchev–Trinajstić information content (AvgIpc) is 2.83. The summed E-state index contributed by atoms with van der Waals surface area (Å²) < 4.78 is 2.02. The number of nitrogens with one attached hydrogen (secondary N) is 1. The molecule has 0 unspecified atom stereocenters. The van der Waals surface area contributed by atoms with E-state index in [1.54, 1.807) is 0 Å². The summed E-state index contributed by atoms with van der Waals surface area (Å²) in [5, 5.41) is 8.13. The number of hydrogen-bond acceptors (Lipinski definition) is 2. The van der Waals surface area contributed by atoms with Crippen LogP contribution in [0.5, 0.6) is 0 Å². The zero-order chi connectivity index (χ0) is 13.2. The minimum atomic E-state index is 0.617. The fourth-order valence-electron chi connectivity index (χ4n) is 2.80. The van der Waals surface area contributed by atoms with Gasteiger partial charge in [-0.15, -0.1) is 0 Å². The van der Waals surface area contributed by atoms with Gasteiger partial charge in [-0.25, -0.2) is 0 Å². The molecule has 1 aliphatic rings. The summed E-state index contributed by atoms with van der Waals surface area (Å²) in [6, 6.07) is 10.9. The van der Waals surface area contributed by atoms with Crippen LogP contribution in [0.2, 0.25) is 0 Å². The van der Waals surface area contributed by atoms with E-state index in [0.29, 0.717) is 5.92 Å². The molecule has 19 heavy (non-hydrogen) atoms. The number of hydrogen-bond donors (Lipinski definition) is 1. The molecule has 3 rings (SSSR count). The molecule has 0 saturated carbocycles. The molecular weight excluding hydrogens is 234 g/mol. The van der Waals surface area contributed by atoms with Crippen LogP contribution in [0.1, 0.15) is 30.0 Å². The highest BCUT2D eigenvalue weighted by molar-refractivity contribution is 5.60. The Morgan fingerprint density at radius 2 is 1.84 bits per heavy atom. The van der Waals surface area contributed by atoms with Crippen molar-refractivity contribution in [2.45, 2.75) is 25.7 Å². The van der Waals surface area contributed by atoms with E-state index in [-0.39, 0.29) is 0 Å². The van der Waals surface area contributed by atoms with Crippen LogP contribution in [0.4, 0.5) is 0 Å². The van der Waals surface area contributed by atoms with Gasteiger partial charge in [-0.3, -0.25) is 4.68 Å². The van der Waals surface area contributed by atoms with Gasteiger partial charge in [0.05, 0.1) is 11.4 Å². The second-order valence-corrected chi connectivity index (χ2v) is 5.47. The molecule has 2 heterocycles. The predicted octanol–water partition coefficient (Wildman–Crippen LogP) is 2.86. The molecule has 0 amide bonds. The number of piperidine rings is 1. The molecule has 1 fully saturated rings. The quantitative estimate of drug-likeness (QED) is 0.894. The van der Waals surface area contributed by atoms with E-state index in [0.717, 1.165) is 13.1 Å². The van der Waals surface area contributed by atoms with Crippen LogP contribution in [0.3, 0.4) is 0 Å². The molecule has 1 saturated heterocycles. The standard InChI is InChI=1S/C16H21N3/c1-12-3-5-14(6-4-12)16-11-15(18-19(16)2)13-7-9-17-10-8-13/h3-6,11,13,17H,7-10H2,1-2H3. The van der Waals surface area contributed by atoms with E-state index >= 15 is 0 Å². The summed E-state index contributed by atoms with van der Waals surface area (Å²) in [5.74, 6) is 0.617. The first-order valence-electron chi connectivity index (χ1n) is 7.06. The average molecular weight is 255 g/mol. The molecule has 1 N–H and O–H groups in total. The van der Waals surface area contributed by atoms with E-state index in [9.17, 15) is 0 Å². The fourth-order valence-corrected chi connectivity index (χ4v) is 2.80. The van der Waals surface area contributed by atoms with Crippen molar-refractivity contribution in [1.29, 1.82) is 0 Å². The summed E-state index contributed by atoms with van der Waals surface area (Å²) in [6.45, 7) is 4.34. The molecule has 100 valence electrons. The molecule has 1 aliphatic heterocycles. The minimum absolute atomic E-state index is 0.617. The van der Waals surface area contributed by atoms with E-state index in [2.05, 4.69) is 42.6 Å². The molecule has 2 aromatic rings. The third-order valence-corrected chi connectivity index (χ3v) is 4.00. The normalized spacial score (nSPS) is 16.7. The van der Waals surface area contributed by atoms with Crippen molar-refractivity contribution in [3.63, 3.8) is 0 Å². The number of benzene rings is 1. The minimum Gasteiger partial charge on any atom is -0.317 e. The van der Waals surface area contributed by atoms with Gasteiger partial charge in [-0.2, -0.15) is 5.10 Å². The maximum absolute atomic E-state index is 4.72. The van der Waals surface area contributed by atoms with Gasteiger partial charge in [0, 0.05) is 13.0 Å². The van der Waals surface area contributed by atoms with Crippen molar-refractivity contribution in [2.75, 3.05) is 13.1 Å². The summed E-state index contributed by atoms with van der Waals surface area (Å²) in [5.41, 5.74) is 5.01. The molecular formula is C16H21N3. The number of aromatic nitrogens is 2. The lowest BCUT2D eigenvalue weighted by atomic mass is 9.94. The van der Waals surface area contributed by atoms with E-state index in [1.807, 2.05) is 11.7 Å². The van der Waals surface area contributed by atoms with E-state index < -0.39 is 0 Å². The third-order valence-electron chi connectivity index (χ3n) is 4.00. The Morgan fingerprint density at radius 3 is 2.53 bits per heavy atom. The van der Waals surface area contributed by atoms with Gasteiger partial charge in [-0.05, 0) is 44.5 Å². The monoisotopic (exact) mass is 255 g/mol. The van der Waals surface area contributed by atoms with Crippen LogP contribution in [0.25, 0.3) is 11.3 Å². The van der Waals surface area contributed by atoms with E-state index in [1.165, 1.54) is 35.4 Å². The third kappa shape index (κ3) is 2.56. The Labute approximate surface area is 114 Å². The first-order valence-corrected chi connectivity index (χ1v) is 7.06. The lowest BCUT2D eigenvalue weighted by Crippen LogP contribution is -2.26. The van der Waals surface area contributed by atoms with Crippen molar-refractivity contribution in [2.24, 2.45) is 7.05 Å². The Hall–Kier alpha value is -1.61. The molecule has 0 atom stereocenters. The Morgan fingerprint density at radius 1 is 1.16 bits per heavy atom. The van der Waals surface area contributed by atoms with Crippen LogP contribution in [0.15, 0.2) is 30.3 Å². The smallest absolute Gasteiger partial charge is 0.0681 e. The molecule has 1 aromatic carbocycles. The van der Waals surface area contributed by atoms with Gasteiger partial charge in [0.1, 0.15) is 0 Å². The topological polar surface area (TPSA) is 29.9 Å². The van der Waals surface area contributed by atoms with Gasteiger partial charge >= 0.3 is 0 Å². The van der Waals surface area contributed by atoms with Gasteiger partial charge in [0.25, 0.3) is 0 Å². The first kappa shape index (κ1) is 12.4. The maximum atomic E-state index is 4.72. The number of nitrogens with zero attached hydrogens (tertiary/aromatic N) is 2. The Bertz CT molecular complexity index is 548. The molecule has 0 bridgehead atoms. The van der Waals surface area contributed by atoms with Gasteiger partial charge in [-0.1, -0.05) is 29.8 Å². The Kier molecular flexibility index (Phi) is 3.38. The number of rotatable bonds is 2. The van der Waals surface area contributed by atoms with Crippen molar-refractivity contribution >= 4 is 0 Å². The van der Waals surface area contributed by atoms with E-state index in [4.69, 9.17) is 5.10 Å². The van der Waals surface area contributed by atoms with Crippen molar-refractivity contribution in [1.82, 2.24) is 15.1 Å². The molecule has 1 aromatic heterocycles. The lowest BCUT2D eigenvalue weighted by molar-refractivity contribution is 0.450.